The van der Waals surface area contributed by atoms with Crippen molar-refractivity contribution in [2.24, 2.45) is 0 Å². The molecule has 1 aliphatic rings. The van der Waals surface area contributed by atoms with E-state index in [0.29, 0.717) is 10.6 Å². The summed E-state index contributed by atoms with van der Waals surface area (Å²) in [7, 11) is 0. The Kier molecular flexibility index (Phi) is 4.83. The summed E-state index contributed by atoms with van der Waals surface area (Å²) in [5.41, 5.74) is 1.22. The average molecular weight is 343 g/mol. The van der Waals surface area contributed by atoms with Crippen LogP contribution in [0.1, 0.15) is 76.7 Å². The summed E-state index contributed by atoms with van der Waals surface area (Å²) in [6.45, 7) is 6.61. The molecule has 1 aliphatic carbocycles. The maximum absolute atomic E-state index is 5.42. The second-order valence-electron chi connectivity index (χ2n) is 6.55. The molecule has 0 unspecified atom stereocenters. The largest absolute Gasteiger partial charge is 0.345 e. The van der Waals surface area contributed by atoms with Gasteiger partial charge in [-0.2, -0.15) is 0 Å². The second-order valence-corrected chi connectivity index (χ2v) is 7.73. The van der Waals surface area contributed by atoms with Crippen LogP contribution in [0.4, 0.5) is 0 Å². The molecule has 106 valence electrons. The van der Waals surface area contributed by atoms with Gasteiger partial charge in [-0.15, -0.1) is 0 Å². The topological polar surface area (TPSA) is 28.7 Å². The van der Waals surface area contributed by atoms with Crippen LogP contribution >= 0.6 is 28.1 Å². The SMILES string of the molecule is CC(C)(C)c1[nH]c(C2CCCCCC2)nc(=S)c1Br. The van der Waals surface area contributed by atoms with Crippen LogP contribution in [0, 0.1) is 4.64 Å². The molecule has 0 amide bonds. The summed E-state index contributed by atoms with van der Waals surface area (Å²) < 4.78 is 1.65. The summed E-state index contributed by atoms with van der Waals surface area (Å²) in [5, 5.41) is 0. The Hall–Kier alpha value is -0.220. The lowest BCUT2D eigenvalue weighted by Crippen LogP contribution is -2.18. The minimum atomic E-state index is 0.0504. The lowest BCUT2D eigenvalue weighted by Gasteiger charge is -2.23. The van der Waals surface area contributed by atoms with Gasteiger partial charge in [-0.1, -0.05) is 58.7 Å². The number of H-pyrrole nitrogens is 1. The van der Waals surface area contributed by atoms with Crippen LogP contribution in [-0.2, 0) is 5.41 Å². The Balaban J connectivity index is 2.41. The van der Waals surface area contributed by atoms with Gasteiger partial charge in [0, 0.05) is 17.0 Å². The number of rotatable bonds is 1. The number of aromatic nitrogens is 2. The van der Waals surface area contributed by atoms with Crippen molar-refractivity contribution < 1.29 is 0 Å². The van der Waals surface area contributed by atoms with Gasteiger partial charge >= 0.3 is 0 Å². The van der Waals surface area contributed by atoms with Crippen molar-refractivity contribution in [3.8, 4) is 0 Å². The maximum atomic E-state index is 5.42. The molecule has 1 fully saturated rings. The van der Waals surface area contributed by atoms with Gasteiger partial charge in [-0.05, 0) is 28.8 Å². The Labute approximate surface area is 129 Å². The standard InChI is InChI=1S/C15H23BrN2S/c1-15(2,3)12-11(16)14(19)18-13(17-12)10-8-6-4-5-7-9-10/h10H,4-9H2,1-3H3,(H,17,18,19). The van der Waals surface area contributed by atoms with Gasteiger partial charge in [0.15, 0.2) is 0 Å². The van der Waals surface area contributed by atoms with Crippen molar-refractivity contribution in [3.63, 3.8) is 0 Å². The second kappa shape index (κ2) is 6.04. The van der Waals surface area contributed by atoms with E-state index in [4.69, 9.17) is 12.2 Å². The van der Waals surface area contributed by atoms with Crippen LogP contribution in [-0.4, -0.2) is 9.97 Å². The van der Waals surface area contributed by atoms with Crippen LogP contribution in [0.5, 0.6) is 0 Å². The molecule has 1 heterocycles. The minimum absolute atomic E-state index is 0.0504. The summed E-state index contributed by atoms with van der Waals surface area (Å²) in [6.07, 6.45) is 7.83. The smallest absolute Gasteiger partial charge is 0.144 e. The highest BCUT2D eigenvalue weighted by Gasteiger charge is 2.23. The molecule has 19 heavy (non-hydrogen) atoms. The fourth-order valence-corrected chi connectivity index (χ4v) is 3.72. The van der Waals surface area contributed by atoms with E-state index in [1.54, 1.807) is 0 Å². The van der Waals surface area contributed by atoms with Crippen LogP contribution in [0.15, 0.2) is 4.47 Å². The first-order chi connectivity index (χ1) is 8.89. The van der Waals surface area contributed by atoms with Gasteiger partial charge < -0.3 is 4.98 Å². The summed E-state index contributed by atoms with van der Waals surface area (Å²) in [5.74, 6) is 1.65. The van der Waals surface area contributed by atoms with E-state index >= 15 is 0 Å². The lowest BCUT2D eigenvalue weighted by atomic mass is 9.91. The first-order valence-corrected chi connectivity index (χ1v) is 8.40. The Bertz CT molecular complexity index is 494. The fourth-order valence-electron chi connectivity index (χ4n) is 2.74. The predicted octanol–water partition coefficient (Wildman–Crippen LogP) is 5.64. The molecule has 1 aromatic heterocycles. The van der Waals surface area contributed by atoms with E-state index in [9.17, 15) is 0 Å². The van der Waals surface area contributed by atoms with E-state index in [0.717, 1.165) is 10.3 Å². The highest BCUT2D eigenvalue weighted by Crippen LogP contribution is 2.33. The molecule has 2 rings (SSSR count). The molecule has 0 atom stereocenters. The van der Waals surface area contributed by atoms with Crippen molar-refractivity contribution in [3.05, 3.63) is 20.6 Å². The summed E-state index contributed by atoms with van der Waals surface area (Å²) >= 11 is 9.01. The summed E-state index contributed by atoms with van der Waals surface area (Å²) in [6, 6.07) is 0. The van der Waals surface area contributed by atoms with E-state index < -0.39 is 0 Å². The molecule has 0 saturated heterocycles. The third-order valence-electron chi connectivity index (χ3n) is 3.87. The normalized spacial score (nSPS) is 18.3. The van der Waals surface area contributed by atoms with Gasteiger partial charge in [-0.25, -0.2) is 4.98 Å². The molecular weight excluding hydrogens is 320 g/mol. The Morgan fingerprint density at radius 3 is 2.26 bits per heavy atom. The zero-order chi connectivity index (χ0) is 14.0. The molecule has 0 aromatic carbocycles. The highest BCUT2D eigenvalue weighted by molar-refractivity contribution is 9.10. The number of aromatic amines is 1. The zero-order valence-electron chi connectivity index (χ0n) is 12.1. The molecule has 1 N–H and O–H groups in total. The van der Waals surface area contributed by atoms with Gasteiger partial charge in [0.2, 0.25) is 0 Å². The molecule has 0 spiro atoms. The molecule has 0 aliphatic heterocycles. The van der Waals surface area contributed by atoms with E-state index in [1.165, 1.54) is 44.2 Å². The van der Waals surface area contributed by atoms with E-state index in [-0.39, 0.29) is 5.41 Å². The number of hydrogen-bond acceptors (Lipinski definition) is 2. The third kappa shape index (κ3) is 3.66. The minimum Gasteiger partial charge on any atom is -0.345 e. The molecule has 1 saturated carbocycles. The monoisotopic (exact) mass is 342 g/mol. The van der Waals surface area contributed by atoms with Crippen LogP contribution in [0.2, 0.25) is 0 Å². The van der Waals surface area contributed by atoms with Crippen LogP contribution in [0.25, 0.3) is 0 Å². The molecule has 2 nitrogen and oxygen atoms in total. The Morgan fingerprint density at radius 1 is 1.16 bits per heavy atom. The number of halogens is 1. The first-order valence-electron chi connectivity index (χ1n) is 7.20. The number of nitrogens with zero attached hydrogens (tertiary/aromatic N) is 1. The van der Waals surface area contributed by atoms with Gasteiger partial charge in [0.25, 0.3) is 0 Å². The Morgan fingerprint density at radius 2 is 1.74 bits per heavy atom. The van der Waals surface area contributed by atoms with Crippen molar-refractivity contribution in [1.82, 2.24) is 9.97 Å². The molecular formula is C15H23BrN2S. The summed E-state index contributed by atoms with van der Waals surface area (Å²) in [4.78, 5) is 8.19. The molecule has 4 heteroatoms. The molecule has 0 bridgehead atoms. The molecule has 1 aromatic rings. The van der Waals surface area contributed by atoms with Crippen molar-refractivity contribution >= 4 is 28.1 Å². The van der Waals surface area contributed by atoms with E-state index in [1.807, 2.05) is 0 Å². The van der Waals surface area contributed by atoms with Gasteiger partial charge in [-0.3, -0.25) is 0 Å². The predicted molar refractivity (Wildman–Crippen MR) is 86.3 cm³/mol. The highest BCUT2D eigenvalue weighted by atomic mass is 79.9. The lowest BCUT2D eigenvalue weighted by molar-refractivity contribution is 0.523. The van der Waals surface area contributed by atoms with Crippen LogP contribution < -0.4 is 0 Å². The van der Waals surface area contributed by atoms with Crippen molar-refractivity contribution in [2.45, 2.75) is 70.6 Å². The van der Waals surface area contributed by atoms with Gasteiger partial charge in [0.1, 0.15) is 10.5 Å². The fraction of sp³-hybridized carbons (Fsp3) is 0.733. The van der Waals surface area contributed by atoms with Crippen molar-refractivity contribution in [1.29, 1.82) is 0 Å². The number of nitrogens with one attached hydrogen (secondary N) is 1. The maximum Gasteiger partial charge on any atom is 0.144 e. The van der Waals surface area contributed by atoms with E-state index in [2.05, 4.69) is 46.7 Å². The number of hydrogen-bond donors (Lipinski definition) is 1. The van der Waals surface area contributed by atoms with Crippen LogP contribution in [0.3, 0.4) is 0 Å². The quantitative estimate of drug-likeness (QED) is 0.528. The zero-order valence-corrected chi connectivity index (χ0v) is 14.5. The van der Waals surface area contributed by atoms with Gasteiger partial charge in [0.05, 0.1) is 4.47 Å². The molecule has 0 radical (unpaired) electrons. The first kappa shape index (κ1) is 15.2. The average Bonchev–Trinajstić information content (AvgIpc) is 2.59. The third-order valence-corrected chi connectivity index (χ3v) is 5.20. The van der Waals surface area contributed by atoms with Crippen molar-refractivity contribution in [2.75, 3.05) is 0 Å².